The molecule has 0 heterocycles. The number of nitrogens with one attached hydrogen (secondary N) is 2. The number of hydrogen-bond donors (Lipinski definition) is 2. The first kappa shape index (κ1) is 9.14. The minimum absolute atomic E-state index is 0.0874. The molecule has 0 saturated carbocycles. The van der Waals surface area contributed by atoms with Crippen molar-refractivity contribution >= 4 is 12.1 Å². The van der Waals surface area contributed by atoms with Crippen LogP contribution < -0.4 is 5.32 Å². The Morgan fingerprint density at radius 1 is 1.70 bits per heavy atom. The van der Waals surface area contributed by atoms with Crippen LogP contribution in [0.25, 0.3) is 0 Å². The van der Waals surface area contributed by atoms with Gasteiger partial charge in [-0.3, -0.25) is 4.79 Å². The molecule has 58 valence electrons. The zero-order chi connectivity index (χ0) is 7.82. The molecule has 0 rings (SSSR count). The van der Waals surface area contributed by atoms with Crippen LogP contribution in [0.1, 0.15) is 26.2 Å². The highest BCUT2D eigenvalue weighted by Gasteiger charge is 1.94. The fraction of sp³-hybridized carbons (Fsp3) is 0.714. The topological polar surface area (TPSA) is 53.0 Å². The molecule has 2 N–H and O–H groups in total. The molecule has 0 aromatic carbocycles. The van der Waals surface area contributed by atoms with Crippen LogP contribution in [0, 0.1) is 5.41 Å². The Morgan fingerprint density at radius 3 is 2.90 bits per heavy atom. The average molecular weight is 142 g/mol. The maximum Gasteiger partial charge on any atom is 0.219 e. The van der Waals surface area contributed by atoms with Gasteiger partial charge in [0.05, 0.1) is 0 Å². The van der Waals surface area contributed by atoms with E-state index in [1.165, 1.54) is 6.21 Å². The molecule has 0 atom stereocenters. The first-order valence-corrected chi connectivity index (χ1v) is 3.57. The Balaban J connectivity index is 3.13. The fourth-order valence-electron chi connectivity index (χ4n) is 0.599. The van der Waals surface area contributed by atoms with Crippen molar-refractivity contribution in [2.75, 3.05) is 6.54 Å². The highest BCUT2D eigenvalue weighted by Crippen LogP contribution is 1.84. The van der Waals surface area contributed by atoms with Gasteiger partial charge in [0.1, 0.15) is 0 Å². The van der Waals surface area contributed by atoms with E-state index in [9.17, 15) is 4.79 Å². The molecule has 0 aromatic rings. The minimum atomic E-state index is 0.0874. The van der Waals surface area contributed by atoms with Crippen molar-refractivity contribution in [1.82, 2.24) is 5.32 Å². The molecule has 0 bridgehead atoms. The largest absolute Gasteiger partial charge is 0.356 e. The maximum absolute atomic E-state index is 10.7. The smallest absolute Gasteiger partial charge is 0.219 e. The molecule has 0 aromatic heterocycles. The van der Waals surface area contributed by atoms with Gasteiger partial charge in [-0.2, -0.15) is 0 Å². The van der Waals surface area contributed by atoms with Crippen molar-refractivity contribution in [3.05, 3.63) is 0 Å². The number of hydrogen-bond acceptors (Lipinski definition) is 2. The third kappa shape index (κ3) is 5.28. The van der Waals surface area contributed by atoms with Gasteiger partial charge in [-0.05, 0) is 19.1 Å². The Kier molecular flexibility index (Phi) is 5.72. The standard InChI is InChI=1S/C7H14N2O/c1-2-4-7(10)9-6-3-5-8/h5,8H,2-4,6H2,1H3,(H,9,10). The Labute approximate surface area is 61.3 Å². The van der Waals surface area contributed by atoms with E-state index in [1.807, 2.05) is 6.92 Å². The van der Waals surface area contributed by atoms with Gasteiger partial charge in [0.15, 0.2) is 0 Å². The normalized spacial score (nSPS) is 8.90. The third-order valence-electron chi connectivity index (χ3n) is 1.09. The monoisotopic (exact) mass is 142 g/mol. The van der Waals surface area contributed by atoms with Crippen LogP contribution in [-0.2, 0) is 4.79 Å². The molecular weight excluding hydrogens is 128 g/mol. The highest BCUT2D eigenvalue weighted by molar-refractivity contribution is 5.76. The number of rotatable bonds is 5. The molecule has 0 aliphatic rings. The molecule has 0 saturated heterocycles. The molecule has 0 unspecified atom stereocenters. The van der Waals surface area contributed by atoms with Crippen molar-refractivity contribution < 1.29 is 4.79 Å². The van der Waals surface area contributed by atoms with Gasteiger partial charge in [0, 0.05) is 13.0 Å². The maximum atomic E-state index is 10.7. The lowest BCUT2D eigenvalue weighted by Crippen LogP contribution is -2.23. The zero-order valence-corrected chi connectivity index (χ0v) is 6.31. The van der Waals surface area contributed by atoms with E-state index in [1.54, 1.807) is 0 Å². The van der Waals surface area contributed by atoms with Gasteiger partial charge in [-0.1, -0.05) is 6.92 Å². The Morgan fingerprint density at radius 2 is 2.40 bits per heavy atom. The molecule has 10 heavy (non-hydrogen) atoms. The zero-order valence-electron chi connectivity index (χ0n) is 6.31. The summed E-state index contributed by atoms with van der Waals surface area (Å²) in [4.78, 5) is 10.7. The van der Waals surface area contributed by atoms with E-state index in [0.29, 0.717) is 19.4 Å². The summed E-state index contributed by atoms with van der Waals surface area (Å²) in [5.41, 5.74) is 0. The lowest BCUT2D eigenvalue weighted by molar-refractivity contribution is -0.121. The first-order valence-electron chi connectivity index (χ1n) is 3.57. The van der Waals surface area contributed by atoms with E-state index in [2.05, 4.69) is 5.32 Å². The number of amides is 1. The van der Waals surface area contributed by atoms with Crippen LogP contribution in [0.3, 0.4) is 0 Å². The second kappa shape index (κ2) is 6.26. The molecule has 0 radical (unpaired) electrons. The summed E-state index contributed by atoms with van der Waals surface area (Å²) in [6.45, 7) is 2.57. The first-order chi connectivity index (χ1) is 4.81. The van der Waals surface area contributed by atoms with Crippen molar-refractivity contribution in [1.29, 1.82) is 5.41 Å². The fourth-order valence-corrected chi connectivity index (χ4v) is 0.599. The van der Waals surface area contributed by atoms with Crippen LogP contribution in [0.4, 0.5) is 0 Å². The van der Waals surface area contributed by atoms with Crippen LogP contribution in [0.15, 0.2) is 0 Å². The molecular formula is C7H14N2O. The lowest BCUT2D eigenvalue weighted by Gasteiger charge is -1.99. The van der Waals surface area contributed by atoms with Gasteiger partial charge < -0.3 is 10.7 Å². The summed E-state index contributed by atoms with van der Waals surface area (Å²) in [7, 11) is 0. The Hall–Kier alpha value is -0.860. The Bertz CT molecular complexity index is 112. The summed E-state index contributed by atoms with van der Waals surface area (Å²) in [5, 5.41) is 9.37. The summed E-state index contributed by atoms with van der Waals surface area (Å²) in [6, 6.07) is 0. The molecule has 0 spiro atoms. The number of carbonyl (C=O) groups excluding carboxylic acids is 1. The third-order valence-corrected chi connectivity index (χ3v) is 1.09. The van der Waals surface area contributed by atoms with Crippen LogP contribution in [0.5, 0.6) is 0 Å². The molecule has 1 amide bonds. The van der Waals surface area contributed by atoms with Crippen molar-refractivity contribution in [2.45, 2.75) is 26.2 Å². The SMILES string of the molecule is CCCC(=O)NCCC=N. The van der Waals surface area contributed by atoms with Gasteiger partial charge in [-0.25, -0.2) is 0 Å². The van der Waals surface area contributed by atoms with Crippen molar-refractivity contribution in [3.8, 4) is 0 Å². The van der Waals surface area contributed by atoms with E-state index < -0.39 is 0 Å². The molecule has 0 aliphatic heterocycles. The van der Waals surface area contributed by atoms with Crippen molar-refractivity contribution in [2.24, 2.45) is 0 Å². The van der Waals surface area contributed by atoms with Crippen molar-refractivity contribution in [3.63, 3.8) is 0 Å². The predicted octanol–water partition coefficient (Wildman–Crippen LogP) is 0.942. The van der Waals surface area contributed by atoms with E-state index in [-0.39, 0.29) is 5.91 Å². The van der Waals surface area contributed by atoms with Gasteiger partial charge in [0.25, 0.3) is 0 Å². The molecule has 0 aliphatic carbocycles. The average Bonchev–Trinajstić information content (AvgIpc) is 1.89. The van der Waals surface area contributed by atoms with Gasteiger partial charge in [-0.15, -0.1) is 0 Å². The molecule has 3 nitrogen and oxygen atoms in total. The second-order valence-corrected chi connectivity index (χ2v) is 2.09. The highest BCUT2D eigenvalue weighted by atomic mass is 16.1. The predicted molar refractivity (Wildman–Crippen MR) is 41.3 cm³/mol. The summed E-state index contributed by atoms with van der Waals surface area (Å²) < 4.78 is 0. The van der Waals surface area contributed by atoms with Gasteiger partial charge >= 0.3 is 0 Å². The van der Waals surface area contributed by atoms with Gasteiger partial charge in [0.2, 0.25) is 5.91 Å². The van der Waals surface area contributed by atoms with Crippen LogP contribution in [-0.4, -0.2) is 18.7 Å². The van der Waals surface area contributed by atoms with E-state index in [4.69, 9.17) is 5.41 Å². The minimum Gasteiger partial charge on any atom is -0.356 e. The number of carbonyl (C=O) groups is 1. The summed E-state index contributed by atoms with van der Waals surface area (Å²) >= 11 is 0. The molecule has 3 heteroatoms. The van der Waals surface area contributed by atoms with E-state index >= 15 is 0 Å². The lowest BCUT2D eigenvalue weighted by atomic mass is 10.3. The molecule has 0 fully saturated rings. The summed E-state index contributed by atoms with van der Waals surface area (Å²) in [5.74, 6) is 0.0874. The van der Waals surface area contributed by atoms with Crippen LogP contribution >= 0.6 is 0 Å². The summed E-state index contributed by atoms with van der Waals surface area (Å²) in [6.07, 6.45) is 3.41. The van der Waals surface area contributed by atoms with Crippen LogP contribution in [0.2, 0.25) is 0 Å². The van der Waals surface area contributed by atoms with E-state index in [0.717, 1.165) is 6.42 Å². The quantitative estimate of drug-likeness (QED) is 0.435. The second-order valence-electron chi connectivity index (χ2n) is 2.09.